The quantitative estimate of drug-likeness (QED) is 0.849. The Kier molecular flexibility index (Phi) is 3.42. The van der Waals surface area contributed by atoms with E-state index in [9.17, 15) is 9.18 Å². The highest BCUT2D eigenvalue weighted by Gasteiger charge is 2.16. The van der Waals surface area contributed by atoms with Crippen LogP contribution in [-0.4, -0.2) is 21.1 Å². The minimum Gasteiger partial charge on any atom is -0.444 e. The fourth-order valence-corrected chi connectivity index (χ4v) is 1.59. The summed E-state index contributed by atoms with van der Waals surface area (Å²) in [6.45, 7) is 5.54. The van der Waals surface area contributed by atoms with Crippen LogP contribution in [0, 0.1) is 5.95 Å². The van der Waals surface area contributed by atoms with E-state index in [1.165, 1.54) is 10.5 Å². The van der Waals surface area contributed by atoms with Gasteiger partial charge >= 0.3 is 6.09 Å². The van der Waals surface area contributed by atoms with Crippen molar-refractivity contribution in [3.8, 4) is 0 Å². The molecule has 2 heterocycles. The lowest BCUT2D eigenvalue weighted by molar-refractivity contribution is 0.0523. The molecule has 6 heteroatoms. The van der Waals surface area contributed by atoms with Gasteiger partial charge in [0.25, 0.3) is 0 Å². The van der Waals surface area contributed by atoms with Crippen molar-refractivity contribution < 1.29 is 13.9 Å². The van der Waals surface area contributed by atoms with Crippen molar-refractivity contribution in [2.24, 2.45) is 0 Å². The van der Waals surface area contributed by atoms with Crippen LogP contribution in [-0.2, 0) is 11.3 Å². The number of carbonyl (C=O) groups is 1. The van der Waals surface area contributed by atoms with E-state index in [0.29, 0.717) is 11.3 Å². The number of nitrogens with zero attached hydrogens (tertiary/aromatic N) is 2. The predicted octanol–water partition coefficient (Wildman–Crippen LogP) is 2.50. The summed E-state index contributed by atoms with van der Waals surface area (Å²) in [5, 5.41) is 2.58. The second-order valence-corrected chi connectivity index (χ2v) is 5.16. The maximum Gasteiger partial charge on any atom is 0.407 e. The number of imidazole rings is 1. The molecule has 0 saturated heterocycles. The summed E-state index contributed by atoms with van der Waals surface area (Å²) < 4.78 is 19.9. The number of rotatable bonds is 2. The highest BCUT2D eigenvalue weighted by atomic mass is 19.1. The number of hydrogen-bond donors (Lipinski definition) is 1. The molecule has 0 aliphatic rings. The fourth-order valence-electron chi connectivity index (χ4n) is 1.59. The predicted molar refractivity (Wildman–Crippen MR) is 68.2 cm³/mol. The maximum atomic E-state index is 13.4. The van der Waals surface area contributed by atoms with E-state index in [4.69, 9.17) is 4.74 Å². The Morgan fingerprint density at radius 3 is 2.84 bits per heavy atom. The molecule has 1 N–H and O–H groups in total. The molecule has 0 aromatic carbocycles. The van der Waals surface area contributed by atoms with Crippen molar-refractivity contribution in [1.29, 1.82) is 0 Å². The first kappa shape index (κ1) is 13.3. The van der Waals surface area contributed by atoms with Crippen LogP contribution in [0.2, 0.25) is 0 Å². The van der Waals surface area contributed by atoms with Crippen LogP contribution in [0.4, 0.5) is 9.18 Å². The van der Waals surface area contributed by atoms with Gasteiger partial charge in [-0.15, -0.1) is 0 Å². The van der Waals surface area contributed by atoms with Crippen molar-refractivity contribution >= 4 is 11.7 Å². The number of nitrogens with one attached hydrogen (secondary N) is 1. The normalized spacial score (nSPS) is 11.6. The van der Waals surface area contributed by atoms with Gasteiger partial charge < -0.3 is 10.1 Å². The third kappa shape index (κ3) is 3.43. The van der Waals surface area contributed by atoms with Gasteiger partial charge in [0.2, 0.25) is 0 Å². The first-order chi connectivity index (χ1) is 8.85. The van der Waals surface area contributed by atoms with Gasteiger partial charge in [0, 0.05) is 6.20 Å². The van der Waals surface area contributed by atoms with E-state index in [1.807, 2.05) is 0 Å². The minimum absolute atomic E-state index is 0.191. The molecule has 2 aromatic heterocycles. The summed E-state index contributed by atoms with van der Waals surface area (Å²) in [6.07, 6.45) is 1.02. The molecule has 0 radical (unpaired) electrons. The summed E-state index contributed by atoms with van der Waals surface area (Å²) >= 11 is 0. The van der Waals surface area contributed by atoms with E-state index < -0.39 is 17.6 Å². The molecule has 0 saturated carbocycles. The van der Waals surface area contributed by atoms with Crippen LogP contribution in [0.25, 0.3) is 5.65 Å². The van der Waals surface area contributed by atoms with E-state index in [-0.39, 0.29) is 6.54 Å². The Morgan fingerprint density at radius 2 is 2.21 bits per heavy atom. The Hall–Kier alpha value is -2.11. The lowest BCUT2D eigenvalue weighted by atomic mass is 10.2. The number of pyridine rings is 1. The van der Waals surface area contributed by atoms with Crippen molar-refractivity contribution in [3.05, 3.63) is 36.0 Å². The summed E-state index contributed by atoms with van der Waals surface area (Å²) in [4.78, 5) is 15.7. The van der Waals surface area contributed by atoms with Crippen LogP contribution in [0.5, 0.6) is 0 Å². The Morgan fingerprint density at radius 1 is 1.47 bits per heavy atom. The number of halogens is 1. The van der Waals surface area contributed by atoms with Crippen LogP contribution in [0.3, 0.4) is 0 Å². The number of carbonyl (C=O) groups excluding carboxylic acids is 1. The summed E-state index contributed by atoms with van der Waals surface area (Å²) in [5.41, 5.74) is 0.520. The average molecular weight is 265 g/mol. The molecule has 0 unspecified atom stereocenters. The number of amides is 1. The first-order valence-corrected chi connectivity index (χ1v) is 5.94. The Bertz CT molecular complexity index is 601. The number of hydrogen-bond acceptors (Lipinski definition) is 3. The van der Waals surface area contributed by atoms with Crippen molar-refractivity contribution in [1.82, 2.24) is 14.7 Å². The second kappa shape index (κ2) is 4.87. The van der Waals surface area contributed by atoms with E-state index in [1.54, 1.807) is 39.1 Å². The van der Waals surface area contributed by atoms with Gasteiger partial charge in [-0.05, 0) is 32.9 Å². The number of aromatic nitrogens is 2. The van der Waals surface area contributed by atoms with Gasteiger partial charge in [-0.1, -0.05) is 6.07 Å². The smallest absolute Gasteiger partial charge is 0.407 e. The molecule has 1 amide bonds. The van der Waals surface area contributed by atoms with Gasteiger partial charge in [-0.3, -0.25) is 4.40 Å². The van der Waals surface area contributed by atoms with Crippen molar-refractivity contribution in [3.63, 3.8) is 0 Å². The molecule has 0 aliphatic heterocycles. The topological polar surface area (TPSA) is 55.6 Å². The van der Waals surface area contributed by atoms with Gasteiger partial charge in [0.05, 0.1) is 12.2 Å². The zero-order valence-corrected chi connectivity index (χ0v) is 11.1. The van der Waals surface area contributed by atoms with Crippen molar-refractivity contribution in [2.75, 3.05) is 0 Å². The standard InChI is InChI=1S/C13H16FN3O2/c1-13(2,3)19-12(18)15-7-9-8-17-10(14)5-4-6-11(17)16-9/h4-6,8H,7H2,1-3H3,(H,15,18). The molecule has 2 rings (SSSR count). The average Bonchev–Trinajstić information content (AvgIpc) is 2.68. The van der Waals surface area contributed by atoms with E-state index in [2.05, 4.69) is 10.3 Å². The molecule has 0 aliphatic carbocycles. The molecule has 102 valence electrons. The molecular weight excluding hydrogens is 249 g/mol. The molecule has 0 fully saturated rings. The van der Waals surface area contributed by atoms with Crippen LogP contribution in [0.1, 0.15) is 26.5 Å². The largest absolute Gasteiger partial charge is 0.444 e. The number of alkyl carbamates (subject to hydrolysis) is 1. The Labute approximate surface area is 110 Å². The fraction of sp³-hybridized carbons (Fsp3) is 0.385. The molecule has 2 aromatic rings. The lowest BCUT2D eigenvalue weighted by Crippen LogP contribution is -2.32. The highest BCUT2D eigenvalue weighted by Crippen LogP contribution is 2.09. The minimum atomic E-state index is -0.547. The van der Waals surface area contributed by atoms with Crippen LogP contribution >= 0.6 is 0 Å². The number of ether oxygens (including phenoxy) is 1. The van der Waals surface area contributed by atoms with Gasteiger partial charge in [0.15, 0.2) is 5.95 Å². The molecule has 0 bridgehead atoms. The SMILES string of the molecule is CC(C)(C)OC(=O)NCc1cn2c(F)cccc2n1. The maximum absolute atomic E-state index is 13.4. The summed E-state index contributed by atoms with van der Waals surface area (Å²) in [7, 11) is 0. The highest BCUT2D eigenvalue weighted by molar-refractivity contribution is 5.67. The van der Waals surface area contributed by atoms with Crippen LogP contribution < -0.4 is 5.32 Å². The van der Waals surface area contributed by atoms with E-state index >= 15 is 0 Å². The molecule has 5 nitrogen and oxygen atoms in total. The summed E-state index contributed by atoms with van der Waals surface area (Å²) in [5.74, 6) is -0.395. The first-order valence-electron chi connectivity index (χ1n) is 5.94. The summed E-state index contributed by atoms with van der Waals surface area (Å²) in [6, 6.07) is 4.63. The molecule has 0 atom stereocenters. The van der Waals surface area contributed by atoms with Crippen LogP contribution in [0.15, 0.2) is 24.4 Å². The molecule has 19 heavy (non-hydrogen) atoms. The number of fused-ring (bicyclic) bond motifs is 1. The third-order valence-corrected chi connectivity index (χ3v) is 2.31. The lowest BCUT2D eigenvalue weighted by Gasteiger charge is -2.19. The zero-order chi connectivity index (χ0) is 14.0. The van der Waals surface area contributed by atoms with Gasteiger partial charge in [-0.2, -0.15) is 4.39 Å². The zero-order valence-electron chi connectivity index (χ0n) is 11.1. The van der Waals surface area contributed by atoms with Gasteiger partial charge in [0.1, 0.15) is 11.2 Å². The molecule has 0 spiro atoms. The molecular formula is C13H16FN3O2. The van der Waals surface area contributed by atoms with E-state index in [0.717, 1.165) is 0 Å². The monoisotopic (exact) mass is 265 g/mol. The Balaban J connectivity index is 2.02. The van der Waals surface area contributed by atoms with Gasteiger partial charge in [-0.25, -0.2) is 9.78 Å². The second-order valence-electron chi connectivity index (χ2n) is 5.16. The third-order valence-electron chi connectivity index (χ3n) is 2.31. The van der Waals surface area contributed by atoms with Crippen molar-refractivity contribution in [2.45, 2.75) is 32.9 Å².